The first-order valence-electron chi connectivity index (χ1n) is 9.34. The number of urea groups is 1. The van der Waals surface area contributed by atoms with Gasteiger partial charge in [0.2, 0.25) is 0 Å². The van der Waals surface area contributed by atoms with Crippen LogP contribution in [-0.4, -0.2) is 50.0 Å². The van der Waals surface area contributed by atoms with Crippen LogP contribution in [0.1, 0.15) is 42.9 Å². The largest absolute Gasteiger partial charge is 0.462 e. The summed E-state index contributed by atoms with van der Waals surface area (Å²) in [6.07, 6.45) is 0. The molecule has 0 spiro atoms. The van der Waals surface area contributed by atoms with Crippen molar-refractivity contribution < 1.29 is 33.4 Å². The number of ether oxygens (including phenoxy) is 2. The monoisotopic (exact) mass is 462 g/mol. The number of rotatable bonds is 8. The van der Waals surface area contributed by atoms with E-state index in [1.165, 1.54) is 31.3 Å². The Morgan fingerprint density at radius 2 is 1.66 bits per heavy atom. The van der Waals surface area contributed by atoms with Gasteiger partial charge in [-0.25, -0.2) is 14.4 Å². The van der Waals surface area contributed by atoms with Gasteiger partial charge in [-0.3, -0.25) is 9.59 Å². The van der Waals surface area contributed by atoms with Gasteiger partial charge in [-0.05, 0) is 43.7 Å². The molecule has 4 amide bonds. The van der Waals surface area contributed by atoms with Gasteiger partial charge in [0, 0.05) is 12.7 Å². The van der Waals surface area contributed by atoms with Crippen LogP contribution < -0.4 is 21.7 Å². The summed E-state index contributed by atoms with van der Waals surface area (Å²) in [7, 11) is 1.44. The van der Waals surface area contributed by atoms with E-state index in [1.807, 2.05) is 0 Å². The van der Waals surface area contributed by atoms with E-state index in [4.69, 9.17) is 15.2 Å². The van der Waals surface area contributed by atoms with E-state index >= 15 is 0 Å². The van der Waals surface area contributed by atoms with Gasteiger partial charge in [-0.2, -0.15) is 0 Å². The number of carbonyl (C=O) groups excluding carboxylic acids is 5. The third-order valence-corrected chi connectivity index (χ3v) is 5.24. The van der Waals surface area contributed by atoms with Crippen molar-refractivity contribution in [3.8, 4) is 0 Å². The number of thiophene rings is 1. The summed E-state index contributed by atoms with van der Waals surface area (Å²) < 4.78 is 10.00. The first-order valence-corrected chi connectivity index (χ1v) is 10.2. The van der Waals surface area contributed by atoms with Crippen molar-refractivity contribution in [3.63, 3.8) is 0 Å². The number of nitrogens with one attached hydrogen (secondary N) is 3. The molecule has 0 bridgehead atoms. The summed E-state index contributed by atoms with van der Waals surface area (Å²) >= 11 is 0.908. The van der Waals surface area contributed by atoms with Crippen molar-refractivity contribution in [2.75, 3.05) is 30.9 Å². The summed E-state index contributed by atoms with van der Waals surface area (Å²) in [5.74, 6) is -2.59. The van der Waals surface area contributed by atoms with Gasteiger partial charge in [0.1, 0.15) is 5.00 Å². The molecule has 0 atom stereocenters. The van der Waals surface area contributed by atoms with Gasteiger partial charge in [0.05, 0.1) is 22.6 Å². The van der Waals surface area contributed by atoms with Gasteiger partial charge in [-0.1, -0.05) is 0 Å². The van der Waals surface area contributed by atoms with Crippen molar-refractivity contribution in [2.45, 2.75) is 13.8 Å². The Labute approximate surface area is 187 Å². The van der Waals surface area contributed by atoms with Gasteiger partial charge < -0.3 is 31.2 Å². The lowest BCUT2D eigenvalue weighted by Gasteiger charge is -2.08. The Kier molecular flexibility index (Phi) is 8.30. The molecule has 2 aromatic rings. The smallest absolute Gasteiger partial charge is 0.341 e. The van der Waals surface area contributed by atoms with Crippen molar-refractivity contribution in [1.29, 1.82) is 0 Å². The minimum Gasteiger partial charge on any atom is -0.462 e. The summed E-state index contributed by atoms with van der Waals surface area (Å²) in [5.41, 5.74) is 5.97. The molecule has 5 N–H and O–H groups in total. The number of primary amides is 1. The van der Waals surface area contributed by atoms with E-state index < -0.39 is 36.4 Å². The predicted octanol–water partition coefficient (Wildman–Crippen LogP) is 1.88. The van der Waals surface area contributed by atoms with Crippen LogP contribution in [0.3, 0.4) is 0 Å². The Balaban J connectivity index is 2.08. The third-order valence-electron chi connectivity index (χ3n) is 4.04. The van der Waals surface area contributed by atoms with Crippen molar-refractivity contribution in [1.82, 2.24) is 5.32 Å². The maximum absolute atomic E-state index is 12.3. The molecule has 1 heterocycles. The highest BCUT2D eigenvalue weighted by Gasteiger charge is 2.26. The minimum atomic E-state index is -0.773. The second-order valence-electron chi connectivity index (χ2n) is 6.25. The first-order chi connectivity index (χ1) is 15.2. The number of hydrogen-bond donors (Lipinski definition) is 4. The average molecular weight is 462 g/mol. The first kappa shape index (κ1) is 24.3. The second kappa shape index (κ2) is 10.9. The SMILES string of the molecule is CCOC(=O)c1c(NC(=O)COC(=O)c2ccc(NC(N)=O)cc2)sc(C(=O)NC)c1C. The van der Waals surface area contributed by atoms with E-state index in [0.29, 0.717) is 11.3 Å². The quantitative estimate of drug-likeness (QED) is 0.435. The zero-order valence-electron chi connectivity index (χ0n) is 17.6. The third kappa shape index (κ3) is 6.04. The number of nitrogens with two attached hydrogens (primary N) is 1. The molecule has 12 heteroatoms. The maximum atomic E-state index is 12.3. The molecule has 0 unspecified atom stereocenters. The van der Waals surface area contributed by atoms with Crippen LogP contribution in [-0.2, 0) is 14.3 Å². The second-order valence-corrected chi connectivity index (χ2v) is 7.27. The fraction of sp³-hybridized carbons (Fsp3) is 0.250. The van der Waals surface area contributed by atoms with Crippen LogP contribution in [0, 0.1) is 6.92 Å². The van der Waals surface area contributed by atoms with E-state index in [2.05, 4.69) is 16.0 Å². The normalized spacial score (nSPS) is 10.1. The molecule has 170 valence electrons. The van der Waals surface area contributed by atoms with Crippen LogP contribution in [0.4, 0.5) is 15.5 Å². The summed E-state index contributed by atoms with van der Waals surface area (Å²) in [6.45, 7) is 2.68. The number of anilines is 2. The molecule has 0 aliphatic heterocycles. The van der Waals surface area contributed by atoms with Crippen LogP contribution in [0.2, 0.25) is 0 Å². The molecule has 1 aromatic carbocycles. The molecule has 0 saturated carbocycles. The average Bonchev–Trinajstić information content (AvgIpc) is 3.07. The molecule has 32 heavy (non-hydrogen) atoms. The lowest BCUT2D eigenvalue weighted by atomic mass is 10.1. The van der Waals surface area contributed by atoms with Gasteiger partial charge in [0.25, 0.3) is 11.8 Å². The molecule has 1 aromatic heterocycles. The fourth-order valence-corrected chi connectivity index (χ4v) is 3.75. The van der Waals surface area contributed by atoms with E-state index in [-0.39, 0.29) is 27.6 Å². The highest BCUT2D eigenvalue weighted by atomic mass is 32.1. The molecule has 0 radical (unpaired) electrons. The molecule has 0 fully saturated rings. The number of esters is 2. The molecular weight excluding hydrogens is 440 g/mol. The van der Waals surface area contributed by atoms with Crippen LogP contribution >= 0.6 is 11.3 Å². The number of carbonyl (C=O) groups is 5. The van der Waals surface area contributed by atoms with Crippen molar-refractivity contribution in [3.05, 3.63) is 45.8 Å². The zero-order chi connectivity index (χ0) is 23.8. The highest BCUT2D eigenvalue weighted by molar-refractivity contribution is 7.18. The molecule has 2 rings (SSSR count). The molecule has 0 aliphatic carbocycles. The Morgan fingerprint density at radius 1 is 1.00 bits per heavy atom. The molecule has 0 saturated heterocycles. The van der Waals surface area contributed by atoms with E-state index in [0.717, 1.165) is 11.3 Å². The van der Waals surface area contributed by atoms with Gasteiger partial charge in [-0.15, -0.1) is 11.3 Å². The standard InChI is InChI=1S/C20H22N4O7S/c1-4-30-19(28)14-10(2)15(16(26)22-3)32-17(14)24-13(25)9-31-18(27)11-5-7-12(8-6-11)23-20(21)29/h5-8H,4,9H2,1-3H3,(H,22,26)(H,24,25)(H3,21,23,29). The minimum absolute atomic E-state index is 0.0627. The summed E-state index contributed by atoms with van der Waals surface area (Å²) in [5, 5.41) is 7.42. The summed E-state index contributed by atoms with van der Waals surface area (Å²) in [4.78, 5) is 59.9. The van der Waals surface area contributed by atoms with Crippen LogP contribution in [0.25, 0.3) is 0 Å². The maximum Gasteiger partial charge on any atom is 0.341 e. The molecule has 0 aliphatic rings. The lowest BCUT2D eigenvalue weighted by Crippen LogP contribution is -2.22. The Bertz CT molecular complexity index is 1050. The Hall–Kier alpha value is -3.93. The number of amides is 4. The number of benzene rings is 1. The predicted molar refractivity (Wildman–Crippen MR) is 117 cm³/mol. The van der Waals surface area contributed by atoms with E-state index in [9.17, 15) is 24.0 Å². The van der Waals surface area contributed by atoms with E-state index in [1.54, 1.807) is 13.8 Å². The summed E-state index contributed by atoms with van der Waals surface area (Å²) in [6, 6.07) is 4.93. The fourth-order valence-electron chi connectivity index (χ4n) is 2.59. The van der Waals surface area contributed by atoms with Gasteiger partial charge >= 0.3 is 18.0 Å². The molecule has 11 nitrogen and oxygen atoms in total. The lowest BCUT2D eigenvalue weighted by molar-refractivity contribution is -0.119. The zero-order valence-corrected chi connectivity index (χ0v) is 18.4. The number of hydrogen-bond acceptors (Lipinski definition) is 8. The topological polar surface area (TPSA) is 166 Å². The van der Waals surface area contributed by atoms with Crippen LogP contribution in [0.15, 0.2) is 24.3 Å². The molecular formula is C20H22N4O7S. The van der Waals surface area contributed by atoms with Gasteiger partial charge in [0.15, 0.2) is 6.61 Å². The highest BCUT2D eigenvalue weighted by Crippen LogP contribution is 2.33. The van der Waals surface area contributed by atoms with Crippen LogP contribution in [0.5, 0.6) is 0 Å². The Morgan fingerprint density at radius 3 is 2.22 bits per heavy atom. The van der Waals surface area contributed by atoms with Crippen molar-refractivity contribution >= 4 is 51.8 Å². The van der Waals surface area contributed by atoms with Crippen molar-refractivity contribution in [2.24, 2.45) is 5.73 Å².